The molecule has 1 aliphatic rings. The van der Waals surface area contributed by atoms with E-state index in [-0.39, 0.29) is 5.82 Å². The number of rotatable bonds is 6. The van der Waals surface area contributed by atoms with Crippen molar-refractivity contribution in [3.63, 3.8) is 0 Å². The lowest BCUT2D eigenvalue weighted by Gasteiger charge is -2.16. The molecule has 7 nitrogen and oxygen atoms in total. The minimum Gasteiger partial charge on any atom is -0.497 e. The van der Waals surface area contributed by atoms with Gasteiger partial charge >= 0.3 is 0 Å². The van der Waals surface area contributed by atoms with Crippen molar-refractivity contribution in [2.24, 2.45) is 0 Å². The van der Waals surface area contributed by atoms with Crippen LogP contribution in [0.5, 0.6) is 5.75 Å². The minimum absolute atomic E-state index is 0.269. The predicted molar refractivity (Wildman–Crippen MR) is 119 cm³/mol. The summed E-state index contributed by atoms with van der Waals surface area (Å²) in [5, 5.41) is 6.58. The first-order valence-electron chi connectivity index (χ1n) is 10.4. The third-order valence-corrected chi connectivity index (χ3v) is 5.57. The Hall–Kier alpha value is -3.68. The van der Waals surface area contributed by atoms with Crippen molar-refractivity contribution < 1.29 is 9.13 Å². The standard InChI is InChI=1S/C23H23FN6O/c1-31-19-12-10-16(11-13-19)26-22-25-14-20-21(29-22)30(18-4-2-3-5-18)23(28-20)27-17-8-6-15(24)7-9-17/h6-14,18H,2-5H2,1H3,(H,27,28)(H,25,26,29). The van der Waals surface area contributed by atoms with Gasteiger partial charge in [0.1, 0.15) is 17.1 Å². The van der Waals surface area contributed by atoms with Gasteiger partial charge in [-0.3, -0.25) is 4.57 Å². The zero-order valence-electron chi connectivity index (χ0n) is 17.2. The molecule has 2 N–H and O–H groups in total. The van der Waals surface area contributed by atoms with Crippen LogP contribution in [0.4, 0.5) is 27.7 Å². The van der Waals surface area contributed by atoms with Gasteiger partial charge in [0.25, 0.3) is 0 Å². The monoisotopic (exact) mass is 418 g/mol. The van der Waals surface area contributed by atoms with Crippen LogP contribution in [0.2, 0.25) is 0 Å². The molecule has 1 fully saturated rings. The summed E-state index contributed by atoms with van der Waals surface area (Å²) in [6.07, 6.45) is 6.25. The van der Waals surface area contributed by atoms with Crippen LogP contribution in [0.15, 0.2) is 54.7 Å². The number of nitrogens with one attached hydrogen (secondary N) is 2. The van der Waals surface area contributed by atoms with E-state index in [9.17, 15) is 4.39 Å². The number of ether oxygens (including phenoxy) is 1. The van der Waals surface area contributed by atoms with E-state index in [4.69, 9.17) is 14.7 Å². The summed E-state index contributed by atoms with van der Waals surface area (Å²) < 4.78 is 20.7. The van der Waals surface area contributed by atoms with Crippen molar-refractivity contribution in [2.75, 3.05) is 17.7 Å². The molecule has 0 bridgehead atoms. The lowest BCUT2D eigenvalue weighted by atomic mass is 10.2. The highest BCUT2D eigenvalue weighted by Crippen LogP contribution is 2.36. The Morgan fingerprint density at radius 1 is 0.935 bits per heavy atom. The van der Waals surface area contributed by atoms with E-state index in [1.54, 1.807) is 25.4 Å². The molecule has 5 rings (SSSR count). The highest BCUT2D eigenvalue weighted by Gasteiger charge is 2.24. The largest absolute Gasteiger partial charge is 0.497 e. The second kappa shape index (κ2) is 8.22. The second-order valence-corrected chi connectivity index (χ2v) is 7.63. The van der Waals surface area contributed by atoms with Crippen LogP contribution in [-0.2, 0) is 0 Å². The Balaban J connectivity index is 1.51. The Bertz CT molecular complexity index is 1180. The molecular weight excluding hydrogens is 395 g/mol. The zero-order valence-corrected chi connectivity index (χ0v) is 17.2. The molecule has 2 heterocycles. The number of benzene rings is 2. The molecule has 2 aromatic heterocycles. The molecule has 0 radical (unpaired) electrons. The SMILES string of the molecule is COc1ccc(Nc2ncc3nc(Nc4ccc(F)cc4)n(C4CCCC4)c3n2)cc1. The first-order chi connectivity index (χ1) is 15.2. The molecule has 0 saturated heterocycles. The molecule has 8 heteroatoms. The van der Waals surface area contributed by atoms with Crippen molar-refractivity contribution in [3.8, 4) is 5.75 Å². The van der Waals surface area contributed by atoms with Crippen LogP contribution >= 0.6 is 0 Å². The summed E-state index contributed by atoms with van der Waals surface area (Å²) >= 11 is 0. The maximum atomic E-state index is 13.3. The molecule has 31 heavy (non-hydrogen) atoms. The number of anilines is 4. The smallest absolute Gasteiger partial charge is 0.229 e. The van der Waals surface area contributed by atoms with Crippen LogP contribution in [0, 0.1) is 5.82 Å². The highest BCUT2D eigenvalue weighted by molar-refractivity contribution is 5.77. The normalized spacial score (nSPS) is 14.1. The van der Waals surface area contributed by atoms with E-state index in [0.29, 0.717) is 17.9 Å². The summed E-state index contributed by atoms with van der Waals surface area (Å²) in [6.45, 7) is 0. The average molecular weight is 418 g/mol. The van der Waals surface area contributed by atoms with Crippen LogP contribution in [0.1, 0.15) is 31.7 Å². The van der Waals surface area contributed by atoms with E-state index in [2.05, 4.69) is 20.2 Å². The number of halogens is 1. The van der Waals surface area contributed by atoms with Crippen LogP contribution in [0.25, 0.3) is 11.2 Å². The maximum Gasteiger partial charge on any atom is 0.229 e. The second-order valence-electron chi connectivity index (χ2n) is 7.63. The molecule has 158 valence electrons. The summed E-state index contributed by atoms with van der Waals surface area (Å²) in [6, 6.07) is 14.2. The third-order valence-electron chi connectivity index (χ3n) is 5.57. The lowest BCUT2D eigenvalue weighted by Crippen LogP contribution is -2.10. The Morgan fingerprint density at radius 2 is 1.61 bits per heavy atom. The molecule has 1 aliphatic carbocycles. The van der Waals surface area contributed by atoms with Gasteiger partial charge < -0.3 is 15.4 Å². The van der Waals surface area contributed by atoms with Crippen molar-refractivity contribution in [1.29, 1.82) is 0 Å². The quantitative estimate of drug-likeness (QED) is 0.426. The Labute approximate surface area is 179 Å². The zero-order chi connectivity index (χ0) is 21.2. The number of fused-ring (bicyclic) bond motifs is 1. The fraction of sp³-hybridized carbons (Fsp3) is 0.261. The molecular formula is C23H23FN6O. The van der Waals surface area contributed by atoms with E-state index < -0.39 is 0 Å². The topological polar surface area (TPSA) is 76.9 Å². The molecule has 0 unspecified atom stereocenters. The summed E-state index contributed by atoms with van der Waals surface area (Å²) in [5.41, 5.74) is 3.15. The van der Waals surface area contributed by atoms with Crippen molar-refractivity contribution in [2.45, 2.75) is 31.7 Å². The van der Waals surface area contributed by atoms with Gasteiger partial charge in [-0.2, -0.15) is 4.98 Å². The molecule has 0 aliphatic heterocycles. The fourth-order valence-electron chi connectivity index (χ4n) is 4.01. The van der Waals surface area contributed by atoms with Gasteiger partial charge in [-0.1, -0.05) is 12.8 Å². The molecule has 0 spiro atoms. The van der Waals surface area contributed by atoms with E-state index in [1.807, 2.05) is 24.3 Å². The average Bonchev–Trinajstić information content (AvgIpc) is 3.43. The van der Waals surface area contributed by atoms with Crippen molar-refractivity contribution >= 4 is 34.4 Å². The molecule has 1 saturated carbocycles. The van der Waals surface area contributed by atoms with E-state index in [1.165, 1.54) is 25.0 Å². The van der Waals surface area contributed by atoms with Gasteiger partial charge in [0.05, 0.1) is 13.3 Å². The molecule has 4 aromatic rings. The number of aromatic nitrogens is 4. The number of nitrogens with zero attached hydrogens (tertiary/aromatic N) is 4. The van der Waals surface area contributed by atoms with E-state index >= 15 is 0 Å². The first kappa shape index (κ1) is 19.3. The number of hydrogen-bond acceptors (Lipinski definition) is 6. The minimum atomic E-state index is -0.269. The number of hydrogen-bond donors (Lipinski definition) is 2. The highest BCUT2D eigenvalue weighted by atomic mass is 19.1. The Kier molecular flexibility index (Phi) is 5.11. The third kappa shape index (κ3) is 4.01. The summed E-state index contributed by atoms with van der Waals surface area (Å²) in [4.78, 5) is 14.0. The van der Waals surface area contributed by atoms with Gasteiger partial charge in [-0.25, -0.2) is 14.4 Å². The summed E-state index contributed by atoms with van der Waals surface area (Å²) in [7, 11) is 1.64. The van der Waals surface area contributed by atoms with Crippen molar-refractivity contribution in [1.82, 2.24) is 19.5 Å². The van der Waals surface area contributed by atoms with Gasteiger partial charge in [0.15, 0.2) is 5.65 Å². The predicted octanol–water partition coefficient (Wildman–Crippen LogP) is 5.58. The van der Waals surface area contributed by atoms with Gasteiger partial charge in [-0.15, -0.1) is 0 Å². The maximum absolute atomic E-state index is 13.3. The van der Waals surface area contributed by atoms with E-state index in [0.717, 1.165) is 41.1 Å². The lowest BCUT2D eigenvalue weighted by molar-refractivity contribution is 0.415. The molecule has 0 atom stereocenters. The molecule has 2 aromatic carbocycles. The molecule has 0 amide bonds. The fourth-order valence-corrected chi connectivity index (χ4v) is 4.01. The number of methoxy groups -OCH3 is 1. The Morgan fingerprint density at radius 3 is 2.32 bits per heavy atom. The summed E-state index contributed by atoms with van der Waals surface area (Å²) in [5.74, 6) is 1.72. The van der Waals surface area contributed by atoms with Gasteiger partial charge in [0.2, 0.25) is 11.9 Å². The van der Waals surface area contributed by atoms with Crippen molar-refractivity contribution in [3.05, 3.63) is 60.5 Å². The van der Waals surface area contributed by atoms with Gasteiger partial charge in [0, 0.05) is 17.4 Å². The van der Waals surface area contributed by atoms with Gasteiger partial charge in [-0.05, 0) is 61.4 Å². The van der Waals surface area contributed by atoms with Crippen LogP contribution in [0.3, 0.4) is 0 Å². The first-order valence-corrected chi connectivity index (χ1v) is 10.4. The number of imidazole rings is 1. The van der Waals surface area contributed by atoms with Crippen LogP contribution < -0.4 is 15.4 Å². The van der Waals surface area contributed by atoms with Crippen LogP contribution in [-0.4, -0.2) is 26.6 Å².